The van der Waals surface area contributed by atoms with Crippen LogP contribution in [0.2, 0.25) is 0 Å². The van der Waals surface area contributed by atoms with Crippen molar-refractivity contribution in [2.75, 3.05) is 12.9 Å². The molecule has 0 bridgehead atoms. The second-order valence-electron chi connectivity index (χ2n) is 4.17. The fourth-order valence-electron chi connectivity index (χ4n) is 1.47. The van der Waals surface area contributed by atoms with Crippen LogP contribution in [0.15, 0.2) is 44.0 Å². The number of aromatic nitrogens is 3. The standard InChI is InChI=1S/C13H13N5O4S/c1-22-9-4-2-8(3-5-9)6-14-16-10(19)7-23-12-11(20)15-13(21)18-17-12/h2-6H,7H2,1H3,(H,16,19)(H2,15,18,20,21)/b14-6+. The van der Waals surface area contributed by atoms with Crippen molar-refractivity contribution < 1.29 is 9.53 Å². The predicted molar refractivity (Wildman–Crippen MR) is 84.9 cm³/mol. The largest absolute Gasteiger partial charge is 0.497 e. The van der Waals surface area contributed by atoms with Gasteiger partial charge in [-0.05, 0) is 29.8 Å². The van der Waals surface area contributed by atoms with Crippen molar-refractivity contribution in [3.05, 3.63) is 50.7 Å². The van der Waals surface area contributed by atoms with Gasteiger partial charge < -0.3 is 4.74 Å². The smallest absolute Gasteiger partial charge is 0.342 e. The van der Waals surface area contributed by atoms with Gasteiger partial charge in [-0.15, -0.1) is 0 Å². The number of methoxy groups -OCH3 is 1. The van der Waals surface area contributed by atoms with E-state index in [1.54, 1.807) is 31.4 Å². The lowest BCUT2D eigenvalue weighted by Gasteiger charge is -2.00. The maximum absolute atomic E-state index is 11.6. The van der Waals surface area contributed by atoms with Gasteiger partial charge in [-0.1, -0.05) is 11.8 Å². The number of nitrogens with zero attached hydrogens (tertiary/aromatic N) is 2. The number of carbonyl (C=O) groups excluding carboxylic acids is 1. The van der Waals surface area contributed by atoms with Gasteiger partial charge in [0.05, 0.1) is 19.1 Å². The zero-order valence-corrected chi connectivity index (χ0v) is 12.8. The Morgan fingerprint density at radius 2 is 2.13 bits per heavy atom. The lowest BCUT2D eigenvalue weighted by atomic mass is 10.2. The molecule has 1 aromatic carbocycles. The highest BCUT2D eigenvalue weighted by Crippen LogP contribution is 2.09. The molecule has 0 spiro atoms. The minimum absolute atomic E-state index is 0.00103. The van der Waals surface area contributed by atoms with Gasteiger partial charge in [0.2, 0.25) is 5.91 Å². The number of amides is 1. The van der Waals surface area contributed by atoms with Crippen LogP contribution in [0.1, 0.15) is 5.56 Å². The summed E-state index contributed by atoms with van der Waals surface area (Å²) in [5.74, 6) is 0.246. The summed E-state index contributed by atoms with van der Waals surface area (Å²) in [6, 6.07) is 7.11. The predicted octanol–water partition coefficient (Wildman–Crippen LogP) is -0.291. The molecule has 10 heteroatoms. The van der Waals surface area contributed by atoms with Crippen LogP contribution < -0.4 is 21.4 Å². The van der Waals surface area contributed by atoms with Crippen LogP contribution in [-0.2, 0) is 4.79 Å². The molecule has 0 saturated carbocycles. The molecule has 1 amide bonds. The molecule has 0 unspecified atom stereocenters. The molecule has 120 valence electrons. The molecule has 23 heavy (non-hydrogen) atoms. The molecule has 0 aliphatic heterocycles. The molecule has 2 rings (SSSR count). The van der Waals surface area contributed by atoms with Crippen LogP contribution in [0.4, 0.5) is 0 Å². The van der Waals surface area contributed by atoms with Crippen LogP contribution in [0, 0.1) is 0 Å². The fourth-order valence-corrected chi connectivity index (χ4v) is 2.09. The Bertz CT molecular complexity index is 812. The minimum atomic E-state index is -0.701. The van der Waals surface area contributed by atoms with Gasteiger partial charge in [0.15, 0.2) is 5.03 Å². The van der Waals surface area contributed by atoms with Gasteiger partial charge in [-0.25, -0.2) is 15.3 Å². The molecule has 0 aliphatic carbocycles. The summed E-state index contributed by atoms with van der Waals surface area (Å²) in [6.07, 6.45) is 1.48. The quantitative estimate of drug-likeness (QED) is 0.378. The molecule has 0 aliphatic rings. The van der Waals surface area contributed by atoms with Crippen molar-refractivity contribution in [3.8, 4) is 5.75 Å². The third-order valence-corrected chi connectivity index (χ3v) is 3.50. The lowest BCUT2D eigenvalue weighted by molar-refractivity contribution is -0.118. The minimum Gasteiger partial charge on any atom is -0.497 e. The van der Waals surface area contributed by atoms with Crippen molar-refractivity contribution in [2.24, 2.45) is 5.10 Å². The van der Waals surface area contributed by atoms with E-state index in [0.717, 1.165) is 23.1 Å². The second-order valence-corrected chi connectivity index (χ2v) is 5.13. The van der Waals surface area contributed by atoms with Crippen LogP contribution in [0.3, 0.4) is 0 Å². The summed E-state index contributed by atoms with van der Waals surface area (Å²) in [5, 5.41) is 9.43. The number of nitrogens with one attached hydrogen (secondary N) is 3. The average molecular weight is 335 g/mol. The third-order valence-electron chi connectivity index (χ3n) is 2.54. The summed E-state index contributed by atoms with van der Waals surface area (Å²) in [4.78, 5) is 35.8. The first-order chi connectivity index (χ1) is 11.1. The SMILES string of the molecule is COc1ccc(/C=N/NC(=O)CSc2n[nH]c(=O)[nH]c2=O)cc1. The van der Waals surface area contributed by atoms with Crippen molar-refractivity contribution in [1.29, 1.82) is 0 Å². The Balaban J connectivity index is 1.83. The average Bonchev–Trinajstić information content (AvgIpc) is 2.54. The number of ether oxygens (including phenoxy) is 1. The van der Waals surface area contributed by atoms with Gasteiger partial charge in [0, 0.05) is 0 Å². The van der Waals surface area contributed by atoms with Gasteiger partial charge >= 0.3 is 5.69 Å². The molecule has 1 aromatic heterocycles. The highest BCUT2D eigenvalue weighted by atomic mass is 32.2. The van der Waals surface area contributed by atoms with Gasteiger partial charge in [-0.3, -0.25) is 14.6 Å². The summed E-state index contributed by atoms with van der Waals surface area (Å²) < 4.78 is 5.03. The Labute approximate surface area is 134 Å². The summed E-state index contributed by atoms with van der Waals surface area (Å²) >= 11 is 0.888. The Kier molecular flexibility index (Phi) is 5.69. The zero-order valence-electron chi connectivity index (χ0n) is 12.0. The second kappa shape index (κ2) is 7.94. The van der Waals surface area contributed by atoms with E-state index in [0.29, 0.717) is 0 Å². The van der Waals surface area contributed by atoms with E-state index >= 15 is 0 Å². The molecule has 0 fully saturated rings. The van der Waals surface area contributed by atoms with Gasteiger partial charge in [0.25, 0.3) is 5.56 Å². The number of hydrazone groups is 1. The normalized spacial score (nSPS) is 10.7. The first-order valence-electron chi connectivity index (χ1n) is 6.36. The van der Waals surface area contributed by atoms with Crippen molar-refractivity contribution in [2.45, 2.75) is 5.03 Å². The van der Waals surface area contributed by atoms with Crippen molar-refractivity contribution >= 4 is 23.9 Å². The maximum Gasteiger partial charge on any atom is 0.342 e. The Morgan fingerprint density at radius 1 is 1.39 bits per heavy atom. The van der Waals surface area contributed by atoms with E-state index in [1.165, 1.54) is 6.21 Å². The number of hydrogen-bond donors (Lipinski definition) is 3. The number of rotatable bonds is 6. The molecular formula is C13H13N5O4S. The zero-order chi connectivity index (χ0) is 16.7. The van der Waals surface area contributed by atoms with Crippen molar-refractivity contribution in [3.63, 3.8) is 0 Å². The van der Waals surface area contributed by atoms with Crippen LogP contribution in [-0.4, -0.2) is 40.2 Å². The third kappa shape index (κ3) is 5.11. The van der Waals surface area contributed by atoms with Crippen LogP contribution in [0.25, 0.3) is 0 Å². The number of hydrogen-bond acceptors (Lipinski definition) is 7. The molecule has 1 heterocycles. The number of H-pyrrole nitrogens is 2. The van der Waals surface area contributed by atoms with E-state index in [-0.39, 0.29) is 10.8 Å². The van der Waals surface area contributed by atoms with Crippen molar-refractivity contribution in [1.82, 2.24) is 20.6 Å². The molecule has 2 aromatic rings. The number of thioether (sulfide) groups is 1. The highest BCUT2D eigenvalue weighted by Gasteiger charge is 2.06. The van der Waals surface area contributed by atoms with E-state index in [1.807, 2.05) is 4.98 Å². The maximum atomic E-state index is 11.6. The summed E-state index contributed by atoms with van der Waals surface area (Å²) in [7, 11) is 1.57. The summed E-state index contributed by atoms with van der Waals surface area (Å²) in [6.45, 7) is 0. The van der Waals surface area contributed by atoms with E-state index in [2.05, 4.69) is 20.7 Å². The molecule has 3 N–H and O–H groups in total. The van der Waals surface area contributed by atoms with Crippen LogP contribution in [0.5, 0.6) is 5.75 Å². The first-order valence-corrected chi connectivity index (χ1v) is 7.35. The molecule has 0 radical (unpaired) electrons. The number of aromatic amines is 2. The Hall–Kier alpha value is -2.88. The van der Waals surface area contributed by atoms with Crippen LogP contribution >= 0.6 is 11.8 Å². The highest BCUT2D eigenvalue weighted by molar-refractivity contribution is 7.99. The molecule has 9 nitrogen and oxygen atoms in total. The monoisotopic (exact) mass is 335 g/mol. The fraction of sp³-hybridized carbons (Fsp3) is 0.154. The topological polar surface area (TPSA) is 129 Å². The lowest BCUT2D eigenvalue weighted by Crippen LogP contribution is -2.26. The molecule has 0 saturated heterocycles. The van der Waals surface area contributed by atoms with E-state index < -0.39 is 17.2 Å². The molecular weight excluding hydrogens is 322 g/mol. The summed E-state index contributed by atoms with van der Waals surface area (Å²) in [5.41, 5.74) is 1.77. The van der Waals surface area contributed by atoms with E-state index in [9.17, 15) is 14.4 Å². The number of carbonyl (C=O) groups is 1. The van der Waals surface area contributed by atoms with E-state index in [4.69, 9.17) is 4.74 Å². The Morgan fingerprint density at radius 3 is 2.78 bits per heavy atom. The van der Waals surface area contributed by atoms with Gasteiger partial charge in [-0.2, -0.15) is 10.2 Å². The molecule has 0 atom stereocenters. The number of benzene rings is 1. The van der Waals surface area contributed by atoms with Gasteiger partial charge in [0.1, 0.15) is 5.75 Å². The first kappa shape index (κ1) is 16.5.